The van der Waals surface area contributed by atoms with Gasteiger partial charge in [-0.1, -0.05) is 29.8 Å². The predicted molar refractivity (Wildman–Crippen MR) is 98.7 cm³/mol. The van der Waals surface area contributed by atoms with Crippen LogP contribution >= 0.6 is 22.9 Å². The Bertz CT molecular complexity index is 736. The highest BCUT2D eigenvalue weighted by Crippen LogP contribution is 2.29. The Balaban J connectivity index is 1.88. The number of nitrogens with zero attached hydrogens (tertiary/aromatic N) is 1. The van der Waals surface area contributed by atoms with Gasteiger partial charge in [-0.2, -0.15) is 0 Å². The number of hydrogen-bond donors (Lipinski definition) is 0. The fourth-order valence-corrected chi connectivity index (χ4v) is 3.94. The molecule has 0 atom stereocenters. The van der Waals surface area contributed by atoms with Gasteiger partial charge in [-0.15, -0.1) is 11.3 Å². The van der Waals surface area contributed by atoms with E-state index in [1.807, 2.05) is 34.5 Å². The summed E-state index contributed by atoms with van der Waals surface area (Å²) in [6, 6.07) is 9.62. The number of rotatable bonds is 5. The van der Waals surface area contributed by atoms with Crippen molar-refractivity contribution in [3.8, 4) is 5.75 Å². The van der Waals surface area contributed by atoms with Crippen molar-refractivity contribution < 1.29 is 9.53 Å². The summed E-state index contributed by atoms with van der Waals surface area (Å²) in [5, 5.41) is 2.39. The molecule has 0 aliphatic heterocycles. The summed E-state index contributed by atoms with van der Waals surface area (Å²) in [6.45, 7) is 0.545. The quantitative estimate of drug-likeness (QED) is 0.702. The molecule has 1 aromatic carbocycles. The number of benzene rings is 1. The van der Waals surface area contributed by atoms with Gasteiger partial charge in [0, 0.05) is 5.70 Å². The molecule has 126 valence electrons. The van der Waals surface area contributed by atoms with E-state index in [-0.39, 0.29) is 5.91 Å². The van der Waals surface area contributed by atoms with Crippen molar-refractivity contribution in [3.63, 3.8) is 0 Å². The van der Waals surface area contributed by atoms with Gasteiger partial charge in [-0.05, 0) is 54.8 Å². The zero-order chi connectivity index (χ0) is 16.9. The lowest BCUT2D eigenvalue weighted by atomic mass is 10.0. The Labute approximate surface area is 151 Å². The van der Waals surface area contributed by atoms with Gasteiger partial charge in [0.1, 0.15) is 10.6 Å². The molecule has 0 unspecified atom stereocenters. The molecule has 0 saturated carbocycles. The maximum Gasteiger partial charge on any atom is 0.269 e. The SMILES string of the molecule is COc1ccc(CN(C(=O)c2sccc2Cl)C2=CCCCC2)cc1. The van der Waals surface area contributed by atoms with E-state index in [1.165, 1.54) is 17.8 Å². The normalized spacial score (nSPS) is 14.2. The Hall–Kier alpha value is -1.78. The number of carbonyl (C=O) groups excluding carboxylic acids is 1. The van der Waals surface area contributed by atoms with E-state index < -0.39 is 0 Å². The lowest BCUT2D eigenvalue weighted by Crippen LogP contribution is -2.30. The number of allylic oxidation sites excluding steroid dienone is 2. The molecule has 2 aromatic rings. The zero-order valence-corrected chi connectivity index (χ0v) is 15.2. The van der Waals surface area contributed by atoms with Gasteiger partial charge in [0.15, 0.2) is 0 Å². The van der Waals surface area contributed by atoms with E-state index in [0.717, 1.165) is 36.3 Å². The summed E-state index contributed by atoms with van der Waals surface area (Å²) in [7, 11) is 1.65. The van der Waals surface area contributed by atoms with Crippen LogP contribution in [0.15, 0.2) is 47.5 Å². The summed E-state index contributed by atoms with van der Waals surface area (Å²) in [6.07, 6.45) is 6.46. The highest BCUT2D eigenvalue weighted by molar-refractivity contribution is 7.12. The summed E-state index contributed by atoms with van der Waals surface area (Å²) in [5.74, 6) is 0.800. The molecule has 1 aromatic heterocycles. The molecule has 3 nitrogen and oxygen atoms in total. The van der Waals surface area contributed by atoms with E-state index in [1.54, 1.807) is 13.2 Å². The first-order chi connectivity index (χ1) is 11.7. The standard InChI is InChI=1S/C19H20ClNO2S/c1-23-16-9-7-14(8-10-16)13-21(15-5-3-2-4-6-15)19(22)18-17(20)11-12-24-18/h5,7-12H,2-4,6,13H2,1H3. The van der Waals surface area contributed by atoms with Gasteiger partial charge in [-0.3, -0.25) is 4.79 Å². The topological polar surface area (TPSA) is 29.5 Å². The van der Waals surface area contributed by atoms with Crippen molar-refractivity contribution in [2.45, 2.75) is 32.2 Å². The summed E-state index contributed by atoms with van der Waals surface area (Å²) in [5.41, 5.74) is 2.18. The smallest absolute Gasteiger partial charge is 0.269 e. The summed E-state index contributed by atoms with van der Waals surface area (Å²) >= 11 is 7.58. The van der Waals surface area contributed by atoms with Crippen molar-refractivity contribution in [1.82, 2.24) is 4.90 Å². The second-order valence-corrected chi connectivity index (χ2v) is 7.10. The fourth-order valence-electron chi connectivity index (χ4n) is 2.85. The number of amides is 1. The van der Waals surface area contributed by atoms with Gasteiger partial charge in [0.05, 0.1) is 18.7 Å². The highest BCUT2D eigenvalue weighted by atomic mass is 35.5. The van der Waals surface area contributed by atoms with Crippen LogP contribution in [0, 0.1) is 0 Å². The number of thiophene rings is 1. The number of ether oxygens (including phenoxy) is 1. The third-order valence-electron chi connectivity index (χ3n) is 4.17. The minimum atomic E-state index is -0.0148. The summed E-state index contributed by atoms with van der Waals surface area (Å²) < 4.78 is 5.20. The molecule has 0 bridgehead atoms. The van der Waals surface area contributed by atoms with Crippen LogP contribution in [0.4, 0.5) is 0 Å². The number of methoxy groups -OCH3 is 1. The molecule has 1 aliphatic carbocycles. The van der Waals surface area contributed by atoms with Gasteiger partial charge < -0.3 is 9.64 Å². The molecule has 0 N–H and O–H groups in total. The van der Waals surface area contributed by atoms with E-state index in [4.69, 9.17) is 16.3 Å². The fraction of sp³-hybridized carbons (Fsp3) is 0.316. The van der Waals surface area contributed by atoms with Gasteiger partial charge in [0.25, 0.3) is 5.91 Å². The Morgan fingerprint density at radius 3 is 2.62 bits per heavy atom. The highest BCUT2D eigenvalue weighted by Gasteiger charge is 2.24. The monoisotopic (exact) mass is 361 g/mol. The molecule has 1 heterocycles. The average Bonchev–Trinajstić information content (AvgIpc) is 3.06. The Kier molecular flexibility index (Phi) is 5.59. The molecule has 3 rings (SSSR count). The summed E-state index contributed by atoms with van der Waals surface area (Å²) in [4.78, 5) is 15.5. The predicted octanol–water partition coefficient (Wildman–Crippen LogP) is 5.51. The van der Waals surface area contributed by atoms with Crippen LogP contribution in [0.3, 0.4) is 0 Å². The molecule has 1 aliphatic rings. The van der Waals surface area contributed by atoms with Crippen LogP contribution in [-0.2, 0) is 6.54 Å². The van der Waals surface area contributed by atoms with Crippen molar-refractivity contribution in [2.75, 3.05) is 7.11 Å². The molecular formula is C19H20ClNO2S. The van der Waals surface area contributed by atoms with Crippen LogP contribution in [-0.4, -0.2) is 17.9 Å². The molecule has 24 heavy (non-hydrogen) atoms. The molecule has 1 amide bonds. The maximum atomic E-state index is 13.0. The molecule has 5 heteroatoms. The molecular weight excluding hydrogens is 342 g/mol. The van der Waals surface area contributed by atoms with Crippen molar-refractivity contribution in [2.24, 2.45) is 0 Å². The Morgan fingerprint density at radius 2 is 2.04 bits per heavy atom. The lowest BCUT2D eigenvalue weighted by molar-refractivity contribution is 0.0793. The average molecular weight is 362 g/mol. The molecule has 0 saturated heterocycles. The first-order valence-corrected chi connectivity index (χ1v) is 9.31. The van der Waals surface area contributed by atoms with Crippen LogP contribution in [0.1, 0.15) is 40.9 Å². The first-order valence-electron chi connectivity index (χ1n) is 8.06. The molecule has 0 spiro atoms. The van der Waals surface area contributed by atoms with E-state index in [0.29, 0.717) is 16.4 Å². The number of hydrogen-bond acceptors (Lipinski definition) is 3. The lowest BCUT2D eigenvalue weighted by Gasteiger charge is -2.27. The van der Waals surface area contributed by atoms with Crippen LogP contribution in [0.2, 0.25) is 5.02 Å². The van der Waals surface area contributed by atoms with Gasteiger partial charge in [-0.25, -0.2) is 0 Å². The van der Waals surface area contributed by atoms with E-state index in [9.17, 15) is 4.79 Å². The number of halogens is 1. The number of carbonyl (C=O) groups is 1. The molecule has 0 radical (unpaired) electrons. The minimum Gasteiger partial charge on any atom is -0.497 e. The Morgan fingerprint density at radius 1 is 1.25 bits per heavy atom. The van der Waals surface area contributed by atoms with E-state index in [2.05, 4.69) is 6.08 Å². The van der Waals surface area contributed by atoms with Gasteiger partial charge >= 0.3 is 0 Å². The van der Waals surface area contributed by atoms with Crippen molar-refractivity contribution in [1.29, 1.82) is 0 Å². The largest absolute Gasteiger partial charge is 0.497 e. The second-order valence-electron chi connectivity index (χ2n) is 5.78. The van der Waals surface area contributed by atoms with Gasteiger partial charge in [0.2, 0.25) is 0 Å². The minimum absolute atomic E-state index is 0.0148. The van der Waals surface area contributed by atoms with Crippen LogP contribution in [0.25, 0.3) is 0 Å². The van der Waals surface area contributed by atoms with Crippen molar-refractivity contribution in [3.05, 3.63) is 62.9 Å². The maximum absolute atomic E-state index is 13.0. The first kappa shape index (κ1) is 17.1. The molecule has 0 fully saturated rings. The van der Waals surface area contributed by atoms with Crippen LogP contribution < -0.4 is 4.74 Å². The van der Waals surface area contributed by atoms with E-state index >= 15 is 0 Å². The zero-order valence-electron chi connectivity index (χ0n) is 13.6. The van der Waals surface area contributed by atoms with Crippen molar-refractivity contribution >= 4 is 28.8 Å². The third-order valence-corrected chi connectivity index (χ3v) is 5.50. The van der Waals surface area contributed by atoms with Crippen LogP contribution in [0.5, 0.6) is 5.75 Å². The third kappa shape index (κ3) is 3.82. The second kappa shape index (κ2) is 7.86.